The number of hydrogen-bond donors (Lipinski definition) is 3. The molecule has 0 saturated heterocycles. The van der Waals surface area contributed by atoms with Crippen molar-refractivity contribution in [3.05, 3.63) is 33.7 Å². The normalized spacial score (nSPS) is 10.3. The van der Waals surface area contributed by atoms with Crippen LogP contribution in [0.4, 0.5) is 16.6 Å². The van der Waals surface area contributed by atoms with Gasteiger partial charge >= 0.3 is 0 Å². The maximum atomic E-state index is 12.2. The highest BCUT2D eigenvalue weighted by atomic mass is 35.5. The Morgan fingerprint density at radius 2 is 2.25 bits per heavy atom. The maximum absolute atomic E-state index is 12.2. The quantitative estimate of drug-likeness (QED) is 0.809. The molecule has 0 aliphatic heterocycles. The Balaban J connectivity index is 2.21. The van der Waals surface area contributed by atoms with E-state index in [1.807, 2.05) is 26.0 Å². The number of aromatic nitrogens is 1. The van der Waals surface area contributed by atoms with Gasteiger partial charge in [0, 0.05) is 6.54 Å². The summed E-state index contributed by atoms with van der Waals surface area (Å²) >= 11 is 7.27. The van der Waals surface area contributed by atoms with Crippen molar-refractivity contribution in [3.8, 4) is 0 Å². The SMILES string of the molecule is CCNc1nc(N)c(C(=O)Nc2cc(C)ccc2Cl)s1. The maximum Gasteiger partial charge on any atom is 0.269 e. The molecule has 0 atom stereocenters. The van der Waals surface area contributed by atoms with Crippen LogP contribution in [0.25, 0.3) is 0 Å². The highest BCUT2D eigenvalue weighted by molar-refractivity contribution is 7.18. The zero-order valence-corrected chi connectivity index (χ0v) is 12.7. The van der Waals surface area contributed by atoms with E-state index in [-0.39, 0.29) is 11.7 Å². The van der Waals surface area contributed by atoms with E-state index in [2.05, 4.69) is 15.6 Å². The second kappa shape index (κ2) is 6.11. The number of amides is 1. The summed E-state index contributed by atoms with van der Waals surface area (Å²) in [7, 11) is 0. The average Bonchev–Trinajstić information content (AvgIpc) is 2.75. The Bertz CT molecular complexity index is 641. The number of nitrogen functional groups attached to an aromatic ring is 1. The Morgan fingerprint density at radius 1 is 1.50 bits per heavy atom. The van der Waals surface area contributed by atoms with E-state index in [1.165, 1.54) is 11.3 Å². The predicted molar refractivity (Wildman–Crippen MR) is 84.8 cm³/mol. The van der Waals surface area contributed by atoms with Crippen LogP contribution in [-0.4, -0.2) is 17.4 Å². The third-order valence-electron chi connectivity index (χ3n) is 2.56. The van der Waals surface area contributed by atoms with Gasteiger partial charge in [-0.1, -0.05) is 29.0 Å². The van der Waals surface area contributed by atoms with Crippen LogP contribution in [0.1, 0.15) is 22.2 Å². The van der Waals surface area contributed by atoms with Crippen LogP contribution in [0.5, 0.6) is 0 Å². The predicted octanol–water partition coefficient (Wildman–Crippen LogP) is 3.37. The van der Waals surface area contributed by atoms with Crippen LogP contribution in [0.3, 0.4) is 0 Å². The fourth-order valence-electron chi connectivity index (χ4n) is 1.64. The number of carbonyl (C=O) groups is 1. The van der Waals surface area contributed by atoms with Crippen molar-refractivity contribution in [1.82, 2.24) is 4.98 Å². The van der Waals surface area contributed by atoms with Crippen LogP contribution in [0, 0.1) is 6.92 Å². The van der Waals surface area contributed by atoms with Crippen molar-refractivity contribution >= 4 is 45.5 Å². The van der Waals surface area contributed by atoms with Gasteiger partial charge in [0.2, 0.25) is 0 Å². The molecule has 4 N–H and O–H groups in total. The summed E-state index contributed by atoms with van der Waals surface area (Å²) in [5, 5.41) is 6.90. The summed E-state index contributed by atoms with van der Waals surface area (Å²) in [6.07, 6.45) is 0. The first-order valence-electron chi connectivity index (χ1n) is 6.09. The molecule has 0 bridgehead atoms. The molecule has 0 fully saturated rings. The van der Waals surface area contributed by atoms with Crippen molar-refractivity contribution in [1.29, 1.82) is 0 Å². The van der Waals surface area contributed by atoms with Gasteiger partial charge in [-0.15, -0.1) is 0 Å². The largest absolute Gasteiger partial charge is 0.382 e. The molecule has 2 rings (SSSR count). The molecule has 0 spiro atoms. The van der Waals surface area contributed by atoms with Gasteiger partial charge in [0.15, 0.2) is 5.13 Å². The molecule has 1 aromatic heterocycles. The number of rotatable bonds is 4. The van der Waals surface area contributed by atoms with E-state index in [9.17, 15) is 4.79 Å². The van der Waals surface area contributed by atoms with E-state index in [0.717, 1.165) is 12.1 Å². The topological polar surface area (TPSA) is 80.0 Å². The minimum Gasteiger partial charge on any atom is -0.382 e. The summed E-state index contributed by atoms with van der Waals surface area (Å²) in [6.45, 7) is 4.60. The standard InChI is InChI=1S/C13H15ClN4OS/c1-3-16-13-18-11(15)10(20-13)12(19)17-9-6-7(2)4-5-8(9)14/h4-6H,3,15H2,1-2H3,(H,16,18)(H,17,19). The molecule has 0 saturated carbocycles. The van der Waals surface area contributed by atoms with Crippen LogP contribution in [0.15, 0.2) is 18.2 Å². The molecule has 0 unspecified atom stereocenters. The van der Waals surface area contributed by atoms with E-state index >= 15 is 0 Å². The minimum atomic E-state index is -0.309. The first-order valence-corrected chi connectivity index (χ1v) is 7.28. The van der Waals surface area contributed by atoms with Crippen LogP contribution < -0.4 is 16.4 Å². The van der Waals surface area contributed by atoms with Gasteiger partial charge in [0.25, 0.3) is 5.91 Å². The highest BCUT2D eigenvalue weighted by Crippen LogP contribution is 2.28. The van der Waals surface area contributed by atoms with Crippen molar-refractivity contribution in [2.75, 3.05) is 22.9 Å². The zero-order chi connectivity index (χ0) is 14.7. The van der Waals surface area contributed by atoms with Gasteiger partial charge in [0.1, 0.15) is 10.7 Å². The number of thiazole rings is 1. The number of nitrogens with one attached hydrogen (secondary N) is 2. The molecule has 106 valence electrons. The number of aryl methyl sites for hydroxylation is 1. The Labute approximate surface area is 126 Å². The molecule has 1 aromatic carbocycles. The van der Waals surface area contributed by atoms with Crippen molar-refractivity contribution in [2.24, 2.45) is 0 Å². The smallest absolute Gasteiger partial charge is 0.269 e. The lowest BCUT2D eigenvalue weighted by atomic mass is 10.2. The Kier molecular flexibility index (Phi) is 4.46. The Hall–Kier alpha value is -1.79. The molecule has 20 heavy (non-hydrogen) atoms. The minimum absolute atomic E-state index is 0.215. The summed E-state index contributed by atoms with van der Waals surface area (Å²) in [5.74, 6) is -0.0936. The summed E-state index contributed by atoms with van der Waals surface area (Å²) in [4.78, 5) is 16.7. The van der Waals surface area contributed by atoms with Crippen molar-refractivity contribution < 1.29 is 4.79 Å². The van der Waals surface area contributed by atoms with E-state index < -0.39 is 0 Å². The third-order valence-corrected chi connectivity index (χ3v) is 3.91. The molecule has 5 nitrogen and oxygen atoms in total. The lowest BCUT2D eigenvalue weighted by Gasteiger charge is -2.07. The van der Waals surface area contributed by atoms with Gasteiger partial charge in [-0.2, -0.15) is 0 Å². The summed E-state index contributed by atoms with van der Waals surface area (Å²) in [6, 6.07) is 5.43. The molecule has 0 aliphatic carbocycles. The second-order valence-electron chi connectivity index (χ2n) is 4.20. The second-order valence-corrected chi connectivity index (χ2v) is 5.61. The lowest BCUT2D eigenvalue weighted by Crippen LogP contribution is -2.12. The van der Waals surface area contributed by atoms with Gasteiger partial charge in [-0.25, -0.2) is 4.98 Å². The number of halogens is 1. The fourth-order valence-corrected chi connectivity index (χ4v) is 2.65. The van der Waals surface area contributed by atoms with Crippen LogP contribution in [0.2, 0.25) is 5.02 Å². The van der Waals surface area contributed by atoms with Crippen molar-refractivity contribution in [3.63, 3.8) is 0 Å². The highest BCUT2D eigenvalue weighted by Gasteiger charge is 2.17. The zero-order valence-electron chi connectivity index (χ0n) is 11.2. The number of hydrogen-bond acceptors (Lipinski definition) is 5. The van der Waals surface area contributed by atoms with Crippen LogP contribution in [-0.2, 0) is 0 Å². The van der Waals surface area contributed by atoms with Crippen molar-refractivity contribution in [2.45, 2.75) is 13.8 Å². The first kappa shape index (κ1) is 14.6. The number of benzene rings is 1. The fraction of sp³-hybridized carbons (Fsp3) is 0.231. The molecule has 1 heterocycles. The Morgan fingerprint density at radius 3 is 2.95 bits per heavy atom. The lowest BCUT2D eigenvalue weighted by molar-refractivity contribution is 0.103. The van der Waals surface area contributed by atoms with Gasteiger partial charge in [0.05, 0.1) is 10.7 Å². The number of anilines is 3. The van der Waals surface area contributed by atoms with Gasteiger partial charge in [-0.3, -0.25) is 4.79 Å². The van der Waals surface area contributed by atoms with E-state index in [0.29, 0.717) is 20.7 Å². The molecular formula is C13H15ClN4OS. The van der Waals surface area contributed by atoms with Crippen LogP contribution >= 0.6 is 22.9 Å². The molecule has 0 aliphatic rings. The summed E-state index contributed by atoms with van der Waals surface area (Å²) < 4.78 is 0. The molecule has 2 aromatic rings. The molecule has 7 heteroatoms. The van der Waals surface area contributed by atoms with Gasteiger partial charge in [-0.05, 0) is 31.5 Å². The monoisotopic (exact) mass is 310 g/mol. The van der Waals surface area contributed by atoms with Gasteiger partial charge < -0.3 is 16.4 Å². The molecular weight excluding hydrogens is 296 g/mol. The third kappa shape index (κ3) is 3.20. The molecule has 0 radical (unpaired) electrons. The molecule has 1 amide bonds. The van der Waals surface area contributed by atoms with E-state index in [4.69, 9.17) is 17.3 Å². The first-order chi connectivity index (χ1) is 9.51. The average molecular weight is 311 g/mol. The number of nitrogens with zero attached hydrogens (tertiary/aromatic N) is 1. The number of nitrogens with two attached hydrogens (primary N) is 1. The van der Waals surface area contributed by atoms with E-state index in [1.54, 1.807) is 6.07 Å². The summed E-state index contributed by atoms with van der Waals surface area (Å²) in [5.41, 5.74) is 7.33. The number of carbonyl (C=O) groups excluding carboxylic acids is 1.